The van der Waals surface area contributed by atoms with Gasteiger partial charge in [-0.3, -0.25) is 5.01 Å². The Morgan fingerprint density at radius 3 is 2.94 bits per heavy atom. The molecule has 0 spiro atoms. The van der Waals surface area contributed by atoms with Crippen LogP contribution < -0.4 is 16.0 Å². The first-order valence-electron chi connectivity index (χ1n) is 5.36. The van der Waals surface area contributed by atoms with Crippen molar-refractivity contribution in [3.05, 3.63) is 23.8 Å². The van der Waals surface area contributed by atoms with Crippen molar-refractivity contribution >= 4 is 17.3 Å². The number of carbonyl (C=O) groups is 1. The summed E-state index contributed by atoms with van der Waals surface area (Å²) in [6.07, 6.45) is 0. The smallest absolute Gasteiger partial charge is 0.338 e. The Balaban J connectivity index is 2.24. The average molecular weight is 221 g/mol. The lowest BCUT2D eigenvalue weighted by Gasteiger charge is -2.14. The van der Waals surface area contributed by atoms with Crippen LogP contribution in [0.15, 0.2) is 18.2 Å². The average Bonchev–Trinajstić information content (AvgIpc) is 2.71. The number of hydrazine groups is 2. The second-order valence-electron chi connectivity index (χ2n) is 3.43. The Hall–Kier alpha value is -1.75. The van der Waals surface area contributed by atoms with E-state index in [0.717, 1.165) is 17.9 Å². The number of nitrogens with one attached hydrogen (secondary N) is 2. The number of hydrogen-bond acceptors (Lipinski definition) is 5. The summed E-state index contributed by atoms with van der Waals surface area (Å²) in [4.78, 5) is 11.5. The number of fused-ring (bicyclic) bond motifs is 1. The molecule has 86 valence electrons. The zero-order chi connectivity index (χ0) is 11.5. The summed E-state index contributed by atoms with van der Waals surface area (Å²) in [7, 11) is 0. The summed E-state index contributed by atoms with van der Waals surface area (Å²) < 4.78 is 4.94. The van der Waals surface area contributed by atoms with E-state index in [1.165, 1.54) is 0 Å². The summed E-state index contributed by atoms with van der Waals surface area (Å²) in [5.74, 6) is -0.290. The normalized spacial score (nSPS) is 13.2. The molecule has 2 N–H and O–H groups in total. The Morgan fingerprint density at radius 1 is 1.44 bits per heavy atom. The van der Waals surface area contributed by atoms with Crippen LogP contribution in [0.3, 0.4) is 0 Å². The molecule has 0 amide bonds. The van der Waals surface area contributed by atoms with Crippen LogP contribution >= 0.6 is 0 Å². The van der Waals surface area contributed by atoms with Crippen LogP contribution in [0.5, 0.6) is 0 Å². The van der Waals surface area contributed by atoms with Gasteiger partial charge in [0, 0.05) is 6.54 Å². The van der Waals surface area contributed by atoms with Crippen molar-refractivity contribution in [2.75, 3.05) is 23.6 Å². The molecule has 2 rings (SSSR count). The van der Waals surface area contributed by atoms with E-state index in [1.54, 1.807) is 19.1 Å². The molecule has 0 atom stereocenters. The molecule has 5 nitrogen and oxygen atoms in total. The van der Waals surface area contributed by atoms with Gasteiger partial charge in [0.15, 0.2) is 0 Å². The Kier molecular flexibility index (Phi) is 2.96. The van der Waals surface area contributed by atoms with Crippen LogP contribution in [0.2, 0.25) is 0 Å². The van der Waals surface area contributed by atoms with Gasteiger partial charge in [-0.2, -0.15) is 0 Å². The maximum atomic E-state index is 11.5. The third-order valence-corrected chi connectivity index (χ3v) is 2.44. The highest BCUT2D eigenvalue weighted by Gasteiger charge is 2.18. The quantitative estimate of drug-likeness (QED) is 0.758. The number of anilines is 2. The number of benzene rings is 1. The van der Waals surface area contributed by atoms with Crippen LogP contribution in [-0.4, -0.2) is 19.1 Å². The standard InChI is InChI=1S/C11H15N3O2/c1-3-14-10-6-5-8(11(15)16-4-2)7-9(10)12-13-14/h5-7,12-13H,3-4H2,1-2H3. The zero-order valence-electron chi connectivity index (χ0n) is 9.41. The first kappa shape index (κ1) is 10.8. The fourth-order valence-corrected chi connectivity index (χ4v) is 1.65. The predicted octanol–water partition coefficient (Wildman–Crippen LogP) is 1.53. The van der Waals surface area contributed by atoms with Gasteiger partial charge in [-0.05, 0) is 32.0 Å². The van der Waals surface area contributed by atoms with Gasteiger partial charge in [0.05, 0.1) is 23.5 Å². The summed E-state index contributed by atoms with van der Waals surface area (Å²) in [5.41, 5.74) is 8.50. The zero-order valence-corrected chi connectivity index (χ0v) is 9.41. The molecule has 0 aliphatic carbocycles. The molecule has 0 radical (unpaired) electrons. The van der Waals surface area contributed by atoms with Crippen LogP contribution in [0.4, 0.5) is 11.4 Å². The van der Waals surface area contributed by atoms with Crippen LogP contribution in [-0.2, 0) is 4.74 Å². The molecular weight excluding hydrogens is 206 g/mol. The molecule has 1 aliphatic heterocycles. The molecule has 0 unspecified atom stereocenters. The molecule has 5 heteroatoms. The minimum Gasteiger partial charge on any atom is -0.462 e. The predicted molar refractivity (Wildman–Crippen MR) is 62.2 cm³/mol. The summed E-state index contributed by atoms with van der Waals surface area (Å²) in [6, 6.07) is 5.46. The molecule has 1 heterocycles. The summed E-state index contributed by atoms with van der Waals surface area (Å²) in [5, 5.41) is 1.96. The van der Waals surface area contributed by atoms with Crippen molar-refractivity contribution in [2.45, 2.75) is 13.8 Å². The Labute approximate surface area is 94.3 Å². The molecule has 16 heavy (non-hydrogen) atoms. The third-order valence-electron chi connectivity index (χ3n) is 2.44. The molecule has 0 saturated carbocycles. The largest absolute Gasteiger partial charge is 0.462 e. The lowest BCUT2D eigenvalue weighted by atomic mass is 10.1. The number of carbonyl (C=O) groups excluding carboxylic acids is 1. The molecule has 1 aromatic rings. The molecule has 0 bridgehead atoms. The lowest BCUT2D eigenvalue weighted by molar-refractivity contribution is 0.0526. The van der Waals surface area contributed by atoms with Gasteiger partial charge in [-0.15, -0.1) is 5.53 Å². The first-order chi connectivity index (χ1) is 7.76. The van der Waals surface area contributed by atoms with E-state index in [2.05, 4.69) is 11.0 Å². The molecule has 1 aromatic carbocycles. The SMILES string of the molecule is CCOC(=O)c1ccc2c(c1)NNN2CC. The highest BCUT2D eigenvalue weighted by Crippen LogP contribution is 2.29. The highest BCUT2D eigenvalue weighted by molar-refractivity contribution is 5.92. The molecule has 0 fully saturated rings. The summed E-state index contributed by atoms with van der Waals surface area (Å²) >= 11 is 0. The van der Waals surface area contributed by atoms with Gasteiger partial charge < -0.3 is 10.2 Å². The van der Waals surface area contributed by atoms with Crippen molar-refractivity contribution in [3.8, 4) is 0 Å². The summed E-state index contributed by atoms with van der Waals surface area (Å²) in [6.45, 7) is 5.08. The Morgan fingerprint density at radius 2 is 2.25 bits per heavy atom. The van der Waals surface area contributed by atoms with E-state index < -0.39 is 0 Å². The van der Waals surface area contributed by atoms with Gasteiger partial charge in [0.2, 0.25) is 0 Å². The molecule has 1 aliphatic rings. The number of nitrogens with zero attached hydrogens (tertiary/aromatic N) is 1. The second kappa shape index (κ2) is 4.40. The molecule has 0 aromatic heterocycles. The van der Waals surface area contributed by atoms with Crippen LogP contribution in [0.1, 0.15) is 24.2 Å². The first-order valence-corrected chi connectivity index (χ1v) is 5.36. The van der Waals surface area contributed by atoms with Gasteiger partial charge >= 0.3 is 5.97 Å². The number of rotatable bonds is 3. The maximum absolute atomic E-state index is 11.5. The number of hydrogen-bond donors (Lipinski definition) is 2. The van der Waals surface area contributed by atoms with Crippen molar-refractivity contribution in [2.24, 2.45) is 0 Å². The van der Waals surface area contributed by atoms with Gasteiger partial charge in [-0.1, -0.05) is 0 Å². The number of esters is 1. The molecule has 0 saturated heterocycles. The van der Waals surface area contributed by atoms with Crippen molar-refractivity contribution in [3.63, 3.8) is 0 Å². The van der Waals surface area contributed by atoms with E-state index in [-0.39, 0.29) is 5.97 Å². The fraction of sp³-hybridized carbons (Fsp3) is 0.364. The van der Waals surface area contributed by atoms with E-state index in [9.17, 15) is 4.79 Å². The van der Waals surface area contributed by atoms with Gasteiger partial charge in [0.1, 0.15) is 0 Å². The highest BCUT2D eigenvalue weighted by atomic mass is 16.5. The van der Waals surface area contributed by atoms with Crippen molar-refractivity contribution < 1.29 is 9.53 Å². The molecular formula is C11H15N3O2. The van der Waals surface area contributed by atoms with Crippen molar-refractivity contribution in [1.29, 1.82) is 0 Å². The lowest BCUT2D eigenvalue weighted by Crippen LogP contribution is -2.35. The third kappa shape index (κ3) is 1.81. The van der Waals surface area contributed by atoms with E-state index in [0.29, 0.717) is 12.2 Å². The monoisotopic (exact) mass is 221 g/mol. The van der Waals surface area contributed by atoms with Gasteiger partial charge in [0.25, 0.3) is 0 Å². The number of ether oxygens (including phenoxy) is 1. The van der Waals surface area contributed by atoms with E-state index in [1.807, 2.05) is 18.0 Å². The van der Waals surface area contributed by atoms with Crippen LogP contribution in [0.25, 0.3) is 0 Å². The maximum Gasteiger partial charge on any atom is 0.338 e. The van der Waals surface area contributed by atoms with E-state index >= 15 is 0 Å². The van der Waals surface area contributed by atoms with E-state index in [4.69, 9.17) is 4.74 Å². The van der Waals surface area contributed by atoms with Crippen molar-refractivity contribution in [1.82, 2.24) is 5.53 Å². The minimum atomic E-state index is -0.290. The minimum absolute atomic E-state index is 0.290. The van der Waals surface area contributed by atoms with Gasteiger partial charge in [-0.25, -0.2) is 4.79 Å². The topological polar surface area (TPSA) is 53.6 Å². The Bertz CT molecular complexity index is 406. The fourth-order valence-electron chi connectivity index (χ4n) is 1.65. The second-order valence-corrected chi connectivity index (χ2v) is 3.43. The van der Waals surface area contributed by atoms with Crippen LogP contribution in [0, 0.1) is 0 Å².